The van der Waals surface area contributed by atoms with E-state index in [0.29, 0.717) is 5.56 Å². The van der Waals surface area contributed by atoms with Crippen LogP contribution in [0.2, 0.25) is 0 Å². The molecule has 0 aliphatic heterocycles. The summed E-state index contributed by atoms with van der Waals surface area (Å²) in [5.74, 6) is -0.526. The number of benzene rings is 1. The van der Waals surface area contributed by atoms with E-state index in [1.54, 1.807) is 18.2 Å². The topological polar surface area (TPSA) is 83.5 Å². The first kappa shape index (κ1) is 11.7. The van der Waals surface area contributed by atoms with Gasteiger partial charge in [0.2, 0.25) is 5.91 Å². The molecule has 0 aliphatic carbocycles. The van der Waals surface area contributed by atoms with Gasteiger partial charge < -0.3 is 5.32 Å². The average Bonchev–Trinajstić information content (AvgIpc) is 2.14. The second-order valence-electron chi connectivity index (χ2n) is 3.01. The summed E-state index contributed by atoms with van der Waals surface area (Å²) in [7, 11) is -4.34. The summed E-state index contributed by atoms with van der Waals surface area (Å²) >= 11 is 0. The van der Waals surface area contributed by atoms with Crippen molar-refractivity contribution in [3.8, 4) is 0 Å². The van der Waals surface area contributed by atoms with E-state index in [-0.39, 0.29) is 0 Å². The molecule has 1 amide bonds. The maximum Gasteiger partial charge on any atom is 0.290 e. The lowest BCUT2D eigenvalue weighted by Gasteiger charge is -2.14. The molecule has 0 aromatic heterocycles. The van der Waals surface area contributed by atoms with Crippen molar-refractivity contribution in [3.05, 3.63) is 35.9 Å². The fraction of sp³-hybridized carbons (Fsp3) is 0.222. The summed E-state index contributed by atoms with van der Waals surface area (Å²) in [5, 5.41) is 0.753. The van der Waals surface area contributed by atoms with Crippen molar-refractivity contribution in [2.75, 3.05) is 0 Å². The Morgan fingerprint density at radius 2 is 1.87 bits per heavy atom. The van der Waals surface area contributed by atoms with Gasteiger partial charge in [0.25, 0.3) is 10.1 Å². The lowest BCUT2D eigenvalue weighted by atomic mass is 10.2. The predicted molar refractivity (Wildman–Crippen MR) is 54.5 cm³/mol. The first-order valence-corrected chi connectivity index (χ1v) is 5.70. The summed E-state index contributed by atoms with van der Waals surface area (Å²) in [4.78, 5) is 10.8. The quantitative estimate of drug-likeness (QED) is 0.748. The third-order valence-corrected chi connectivity index (χ3v) is 2.72. The number of hydrogen-bond donors (Lipinski definition) is 2. The molecule has 0 fully saturated rings. The summed E-state index contributed by atoms with van der Waals surface area (Å²) in [6.45, 7) is 1.18. The molecule has 0 saturated heterocycles. The molecule has 2 N–H and O–H groups in total. The molecule has 15 heavy (non-hydrogen) atoms. The molecule has 0 saturated carbocycles. The lowest BCUT2D eigenvalue weighted by molar-refractivity contribution is -0.119. The van der Waals surface area contributed by atoms with E-state index in [2.05, 4.69) is 5.32 Å². The molecule has 0 radical (unpaired) electrons. The van der Waals surface area contributed by atoms with Crippen LogP contribution in [0, 0.1) is 0 Å². The monoisotopic (exact) mass is 229 g/mol. The Labute approximate surface area is 87.9 Å². The first-order valence-electron chi connectivity index (χ1n) is 4.19. The Bertz CT molecular complexity index is 440. The second-order valence-corrected chi connectivity index (χ2v) is 4.51. The molecular formula is C9H11NO4S. The number of rotatable bonds is 3. The largest absolute Gasteiger partial charge is 0.334 e. The zero-order chi connectivity index (χ0) is 11.5. The predicted octanol–water partition coefficient (Wildman–Crippen LogP) is 0.709. The van der Waals surface area contributed by atoms with E-state index in [0.717, 1.165) is 0 Å². The van der Waals surface area contributed by atoms with Crippen molar-refractivity contribution >= 4 is 16.0 Å². The van der Waals surface area contributed by atoms with Crippen LogP contribution in [0.5, 0.6) is 0 Å². The minimum atomic E-state index is -4.34. The van der Waals surface area contributed by atoms with Crippen LogP contribution in [0.15, 0.2) is 30.3 Å². The molecular weight excluding hydrogens is 218 g/mol. The van der Waals surface area contributed by atoms with Gasteiger partial charge in [-0.25, -0.2) is 0 Å². The maximum absolute atomic E-state index is 11.0. The van der Waals surface area contributed by atoms with Gasteiger partial charge in [0.05, 0.1) is 0 Å². The maximum atomic E-state index is 11.0. The fourth-order valence-electron chi connectivity index (χ4n) is 1.14. The van der Waals surface area contributed by atoms with Gasteiger partial charge in [-0.05, 0) is 5.56 Å². The second kappa shape index (κ2) is 4.41. The summed E-state index contributed by atoms with van der Waals surface area (Å²) in [6.07, 6.45) is 0. The molecule has 1 unspecified atom stereocenters. The zero-order valence-electron chi connectivity index (χ0n) is 8.04. The van der Waals surface area contributed by atoms with Gasteiger partial charge in [-0.15, -0.1) is 0 Å². The van der Waals surface area contributed by atoms with Crippen LogP contribution in [-0.4, -0.2) is 18.9 Å². The van der Waals surface area contributed by atoms with Crippen LogP contribution in [0.3, 0.4) is 0 Å². The fourth-order valence-corrected chi connectivity index (χ4v) is 1.96. The number of amides is 1. The molecule has 0 spiro atoms. The zero-order valence-corrected chi connectivity index (χ0v) is 8.86. The van der Waals surface area contributed by atoms with E-state index < -0.39 is 21.4 Å². The van der Waals surface area contributed by atoms with Gasteiger partial charge in [-0.3, -0.25) is 9.35 Å². The van der Waals surface area contributed by atoms with Crippen LogP contribution >= 0.6 is 0 Å². The minimum absolute atomic E-state index is 0.315. The van der Waals surface area contributed by atoms with Gasteiger partial charge in [0, 0.05) is 6.92 Å². The van der Waals surface area contributed by atoms with E-state index in [1.165, 1.54) is 19.1 Å². The van der Waals surface area contributed by atoms with Gasteiger partial charge in [-0.1, -0.05) is 30.3 Å². The first-order chi connectivity index (χ1) is 6.91. The lowest BCUT2D eigenvalue weighted by Crippen LogP contribution is -2.31. The van der Waals surface area contributed by atoms with Crippen LogP contribution < -0.4 is 5.32 Å². The molecule has 5 nitrogen and oxygen atoms in total. The highest BCUT2D eigenvalue weighted by Gasteiger charge is 2.25. The Balaban J connectivity index is 3.08. The molecule has 6 heteroatoms. The van der Waals surface area contributed by atoms with Crippen molar-refractivity contribution in [2.45, 2.75) is 12.3 Å². The van der Waals surface area contributed by atoms with Gasteiger partial charge in [-0.2, -0.15) is 8.42 Å². The van der Waals surface area contributed by atoms with Gasteiger partial charge in [0.1, 0.15) is 0 Å². The van der Waals surface area contributed by atoms with Crippen molar-refractivity contribution in [1.29, 1.82) is 0 Å². The Morgan fingerprint density at radius 3 is 2.27 bits per heavy atom. The molecule has 1 aromatic carbocycles. The van der Waals surface area contributed by atoms with Gasteiger partial charge >= 0.3 is 0 Å². The highest BCUT2D eigenvalue weighted by atomic mass is 32.2. The number of carbonyl (C=O) groups excluding carboxylic acids is 1. The third-order valence-electron chi connectivity index (χ3n) is 1.73. The average molecular weight is 229 g/mol. The van der Waals surface area contributed by atoms with E-state index in [1.807, 2.05) is 0 Å². The summed E-state index contributed by atoms with van der Waals surface area (Å²) < 4.78 is 31.0. The summed E-state index contributed by atoms with van der Waals surface area (Å²) in [6, 6.07) is 7.96. The number of hydrogen-bond acceptors (Lipinski definition) is 3. The molecule has 0 aliphatic rings. The van der Waals surface area contributed by atoms with E-state index in [4.69, 9.17) is 4.55 Å². The molecule has 0 heterocycles. The highest BCUT2D eigenvalue weighted by Crippen LogP contribution is 2.17. The number of nitrogens with one attached hydrogen (secondary N) is 1. The molecule has 1 rings (SSSR count). The molecule has 0 bridgehead atoms. The van der Waals surface area contributed by atoms with E-state index in [9.17, 15) is 13.2 Å². The minimum Gasteiger partial charge on any atom is -0.334 e. The van der Waals surface area contributed by atoms with Gasteiger partial charge in [0.15, 0.2) is 5.37 Å². The normalized spacial score (nSPS) is 13.2. The molecule has 82 valence electrons. The van der Waals surface area contributed by atoms with E-state index >= 15 is 0 Å². The van der Waals surface area contributed by atoms with Crippen LogP contribution in [0.25, 0.3) is 0 Å². The van der Waals surface area contributed by atoms with Crippen molar-refractivity contribution in [1.82, 2.24) is 5.32 Å². The molecule has 1 aromatic rings. The van der Waals surface area contributed by atoms with Crippen LogP contribution in [0.4, 0.5) is 0 Å². The summed E-state index contributed by atoms with van der Waals surface area (Å²) in [5.41, 5.74) is 0.315. The van der Waals surface area contributed by atoms with Crippen LogP contribution in [0.1, 0.15) is 17.9 Å². The smallest absolute Gasteiger partial charge is 0.290 e. The van der Waals surface area contributed by atoms with Crippen molar-refractivity contribution in [3.63, 3.8) is 0 Å². The van der Waals surface area contributed by atoms with Crippen molar-refractivity contribution in [2.24, 2.45) is 0 Å². The Kier molecular flexibility index (Phi) is 3.43. The standard InChI is InChI=1S/C9H11NO4S/c1-7(11)10-9(15(12,13)14)8-5-3-2-4-6-8/h2-6,9H,1H3,(H,10,11)(H,12,13,14). The third kappa shape index (κ3) is 3.34. The van der Waals surface area contributed by atoms with Crippen LogP contribution in [-0.2, 0) is 14.9 Å². The van der Waals surface area contributed by atoms with Crippen molar-refractivity contribution < 1.29 is 17.8 Å². The SMILES string of the molecule is CC(=O)NC(c1ccccc1)S(=O)(=O)O. The Hall–Kier alpha value is -1.40. The molecule has 1 atom stereocenters. The number of carbonyl (C=O) groups is 1. The highest BCUT2D eigenvalue weighted by molar-refractivity contribution is 7.86. The Morgan fingerprint density at radius 1 is 1.33 bits per heavy atom.